The van der Waals surface area contributed by atoms with Crippen molar-refractivity contribution in [1.82, 2.24) is 25.5 Å². The molecule has 0 amide bonds. The van der Waals surface area contributed by atoms with Crippen molar-refractivity contribution in [3.8, 4) is 0 Å². The molecule has 0 radical (unpaired) electrons. The number of aryl methyl sites for hydroxylation is 1. The first-order valence-electron chi connectivity index (χ1n) is 7.15. The molecule has 1 saturated carbocycles. The maximum absolute atomic E-state index is 5.95. The van der Waals surface area contributed by atoms with Gasteiger partial charge in [0.15, 0.2) is 5.82 Å². The Morgan fingerprint density at radius 3 is 2.47 bits per heavy atom. The van der Waals surface area contributed by atoms with E-state index >= 15 is 0 Å². The molecule has 0 saturated heterocycles. The number of methoxy groups -OCH3 is 1. The number of likely N-dealkylation sites (N-methyl/N-ethyl adjacent to an activating group) is 1. The first kappa shape index (κ1) is 14.4. The van der Waals surface area contributed by atoms with E-state index in [1.807, 2.05) is 14.2 Å². The van der Waals surface area contributed by atoms with Crippen molar-refractivity contribution in [2.45, 2.75) is 56.6 Å². The molecule has 1 heterocycles. The Kier molecular flexibility index (Phi) is 4.87. The van der Waals surface area contributed by atoms with E-state index in [-0.39, 0.29) is 11.6 Å². The highest BCUT2D eigenvalue weighted by Gasteiger charge is 2.39. The lowest BCUT2D eigenvalue weighted by molar-refractivity contribution is -0.0513. The minimum Gasteiger partial charge on any atom is -0.377 e. The standard InChI is InChI=1S/C13H25N5O/c1-14-11(10-12-15-17-18(2)16-12)13(19-3)8-6-4-5-7-9-13/h11,14H,4-10H2,1-3H3. The van der Waals surface area contributed by atoms with Crippen LogP contribution >= 0.6 is 0 Å². The summed E-state index contributed by atoms with van der Waals surface area (Å²) in [5.41, 5.74) is -0.0928. The molecule has 6 heteroatoms. The van der Waals surface area contributed by atoms with Crippen molar-refractivity contribution < 1.29 is 4.74 Å². The normalized spacial score (nSPS) is 21.0. The van der Waals surface area contributed by atoms with Gasteiger partial charge in [0, 0.05) is 19.6 Å². The third-order valence-corrected chi connectivity index (χ3v) is 4.28. The number of rotatable bonds is 5. The number of aromatic nitrogens is 4. The number of ether oxygens (including phenoxy) is 1. The van der Waals surface area contributed by atoms with Gasteiger partial charge in [-0.25, -0.2) is 0 Å². The fourth-order valence-corrected chi connectivity index (χ4v) is 3.16. The molecule has 1 aromatic heterocycles. The summed E-state index contributed by atoms with van der Waals surface area (Å²) < 4.78 is 5.95. The van der Waals surface area contributed by atoms with Crippen molar-refractivity contribution in [2.75, 3.05) is 14.2 Å². The highest BCUT2D eigenvalue weighted by Crippen LogP contribution is 2.33. The molecule has 0 aliphatic heterocycles. The van der Waals surface area contributed by atoms with Crippen LogP contribution in [0.25, 0.3) is 0 Å². The van der Waals surface area contributed by atoms with Crippen LogP contribution in [0.2, 0.25) is 0 Å². The molecule has 0 spiro atoms. The maximum Gasteiger partial charge on any atom is 0.176 e. The molecule has 1 fully saturated rings. The molecule has 1 atom stereocenters. The minimum atomic E-state index is -0.0928. The van der Waals surface area contributed by atoms with Crippen LogP contribution in [0.5, 0.6) is 0 Å². The highest BCUT2D eigenvalue weighted by molar-refractivity contribution is 4.98. The topological polar surface area (TPSA) is 64.9 Å². The van der Waals surface area contributed by atoms with Crippen molar-refractivity contribution in [3.63, 3.8) is 0 Å². The second-order valence-corrected chi connectivity index (χ2v) is 5.42. The van der Waals surface area contributed by atoms with Crippen LogP contribution < -0.4 is 5.32 Å². The fourth-order valence-electron chi connectivity index (χ4n) is 3.16. The van der Waals surface area contributed by atoms with Crippen LogP contribution in [-0.4, -0.2) is 46.0 Å². The molecule has 2 rings (SSSR count). The zero-order valence-corrected chi connectivity index (χ0v) is 12.2. The average molecular weight is 267 g/mol. The zero-order valence-electron chi connectivity index (χ0n) is 12.2. The molecule has 6 nitrogen and oxygen atoms in total. The van der Waals surface area contributed by atoms with Gasteiger partial charge in [0.25, 0.3) is 0 Å². The van der Waals surface area contributed by atoms with E-state index in [1.165, 1.54) is 30.5 Å². The van der Waals surface area contributed by atoms with Gasteiger partial charge in [-0.15, -0.1) is 10.2 Å². The second-order valence-electron chi connectivity index (χ2n) is 5.42. The van der Waals surface area contributed by atoms with E-state index in [0.717, 1.165) is 25.1 Å². The smallest absolute Gasteiger partial charge is 0.176 e. The summed E-state index contributed by atoms with van der Waals surface area (Å²) in [5, 5.41) is 15.7. The quantitative estimate of drug-likeness (QED) is 0.809. The SMILES string of the molecule is CNC(Cc1nnn(C)n1)C1(OC)CCCCCC1. The summed E-state index contributed by atoms with van der Waals surface area (Å²) in [6, 6.07) is 0.236. The molecule has 0 aromatic carbocycles. The summed E-state index contributed by atoms with van der Waals surface area (Å²) >= 11 is 0. The third-order valence-electron chi connectivity index (χ3n) is 4.28. The van der Waals surface area contributed by atoms with Crippen LogP contribution in [0.15, 0.2) is 0 Å². The lowest BCUT2D eigenvalue weighted by Crippen LogP contribution is -2.52. The number of hydrogen-bond donors (Lipinski definition) is 1. The first-order chi connectivity index (χ1) is 9.20. The lowest BCUT2D eigenvalue weighted by atomic mass is 9.84. The van der Waals surface area contributed by atoms with Crippen molar-refractivity contribution in [3.05, 3.63) is 5.82 Å². The van der Waals surface area contributed by atoms with Gasteiger partial charge >= 0.3 is 0 Å². The Morgan fingerprint density at radius 2 is 2.00 bits per heavy atom. The summed E-state index contributed by atoms with van der Waals surface area (Å²) in [6.45, 7) is 0. The van der Waals surface area contributed by atoms with Crippen LogP contribution in [-0.2, 0) is 18.2 Å². The van der Waals surface area contributed by atoms with Gasteiger partial charge in [-0.2, -0.15) is 4.80 Å². The van der Waals surface area contributed by atoms with Crippen LogP contribution in [0.1, 0.15) is 44.3 Å². The first-order valence-corrected chi connectivity index (χ1v) is 7.15. The summed E-state index contributed by atoms with van der Waals surface area (Å²) in [6.07, 6.45) is 8.07. The number of tetrazole rings is 1. The Morgan fingerprint density at radius 1 is 1.32 bits per heavy atom. The Hall–Kier alpha value is -1.01. The molecule has 1 aliphatic rings. The van der Waals surface area contributed by atoms with Crippen LogP contribution in [0.4, 0.5) is 0 Å². The van der Waals surface area contributed by atoms with Gasteiger partial charge in [0.05, 0.1) is 12.6 Å². The molecule has 19 heavy (non-hydrogen) atoms. The Balaban J connectivity index is 2.12. The summed E-state index contributed by atoms with van der Waals surface area (Å²) in [4.78, 5) is 1.51. The van der Waals surface area contributed by atoms with E-state index in [0.29, 0.717) is 0 Å². The van der Waals surface area contributed by atoms with Gasteiger partial charge < -0.3 is 10.1 Å². The van der Waals surface area contributed by atoms with Gasteiger partial charge in [-0.05, 0) is 25.1 Å². The van der Waals surface area contributed by atoms with Crippen LogP contribution in [0, 0.1) is 0 Å². The van der Waals surface area contributed by atoms with E-state index in [9.17, 15) is 0 Å². The molecule has 108 valence electrons. The Bertz CT molecular complexity index is 384. The van der Waals surface area contributed by atoms with E-state index < -0.39 is 0 Å². The van der Waals surface area contributed by atoms with Gasteiger partial charge in [0.1, 0.15) is 0 Å². The zero-order chi connectivity index (χ0) is 13.7. The van der Waals surface area contributed by atoms with Crippen molar-refractivity contribution >= 4 is 0 Å². The summed E-state index contributed by atoms with van der Waals surface area (Å²) in [7, 11) is 5.62. The molecule has 1 aliphatic carbocycles. The Labute approximate surface area is 114 Å². The van der Waals surface area contributed by atoms with E-state index in [2.05, 4.69) is 20.7 Å². The number of nitrogens with zero attached hydrogens (tertiary/aromatic N) is 4. The van der Waals surface area contributed by atoms with E-state index in [4.69, 9.17) is 4.74 Å². The second kappa shape index (κ2) is 6.43. The van der Waals surface area contributed by atoms with Gasteiger partial charge in [-0.3, -0.25) is 0 Å². The highest BCUT2D eigenvalue weighted by atomic mass is 16.5. The van der Waals surface area contributed by atoms with Gasteiger partial charge in [-0.1, -0.05) is 25.7 Å². The minimum absolute atomic E-state index is 0.0928. The monoisotopic (exact) mass is 267 g/mol. The molecule has 0 bridgehead atoms. The fraction of sp³-hybridized carbons (Fsp3) is 0.923. The molecular formula is C13H25N5O. The predicted octanol–water partition coefficient (Wildman–Crippen LogP) is 1.08. The number of hydrogen-bond acceptors (Lipinski definition) is 5. The maximum atomic E-state index is 5.95. The molecule has 1 aromatic rings. The third kappa shape index (κ3) is 3.30. The molecular weight excluding hydrogens is 242 g/mol. The molecule has 1 N–H and O–H groups in total. The van der Waals surface area contributed by atoms with Crippen LogP contribution in [0.3, 0.4) is 0 Å². The van der Waals surface area contributed by atoms with Crippen molar-refractivity contribution in [1.29, 1.82) is 0 Å². The number of nitrogens with one attached hydrogen (secondary N) is 1. The van der Waals surface area contributed by atoms with Gasteiger partial charge in [0.2, 0.25) is 0 Å². The molecule has 1 unspecified atom stereocenters. The largest absolute Gasteiger partial charge is 0.377 e. The predicted molar refractivity (Wildman–Crippen MR) is 72.8 cm³/mol. The average Bonchev–Trinajstić information content (AvgIpc) is 2.69. The van der Waals surface area contributed by atoms with Crippen molar-refractivity contribution in [2.24, 2.45) is 7.05 Å². The summed E-state index contributed by atoms with van der Waals surface area (Å²) in [5.74, 6) is 0.780. The lowest BCUT2D eigenvalue weighted by Gasteiger charge is -2.38. The van der Waals surface area contributed by atoms with E-state index in [1.54, 1.807) is 7.05 Å².